The Bertz CT molecular complexity index is 370. The Hall–Kier alpha value is -1.03. The molecule has 0 amide bonds. The minimum Gasteiger partial charge on any atom is -0.466 e. The van der Waals surface area contributed by atoms with E-state index >= 15 is 0 Å². The number of nitrogens with one attached hydrogen (secondary N) is 1. The number of aliphatic hydroxyl groups excluding tert-OH is 1. The van der Waals surface area contributed by atoms with Crippen LogP contribution in [0, 0.1) is 5.92 Å². The normalized spacial score (nSPS) is 26.0. The van der Waals surface area contributed by atoms with Crippen LogP contribution < -0.4 is 5.32 Å². The first-order chi connectivity index (χ1) is 10.2. The molecule has 0 unspecified atom stereocenters. The number of hydrogen-bond acceptors (Lipinski definition) is 4. The van der Waals surface area contributed by atoms with Gasteiger partial charge in [0.25, 0.3) is 0 Å². The molecule has 0 radical (unpaired) electrons. The summed E-state index contributed by atoms with van der Waals surface area (Å²) in [5.41, 5.74) is 2.52. The summed E-state index contributed by atoms with van der Waals surface area (Å²) in [6.07, 6.45) is 9.01. The van der Waals surface area contributed by atoms with Crippen molar-refractivity contribution in [3.8, 4) is 0 Å². The van der Waals surface area contributed by atoms with E-state index in [9.17, 15) is 9.90 Å². The van der Waals surface area contributed by atoms with Gasteiger partial charge in [0.1, 0.15) is 0 Å². The van der Waals surface area contributed by atoms with Crippen LogP contribution in [0.15, 0.2) is 11.3 Å². The van der Waals surface area contributed by atoms with E-state index < -0.39 is 0 Å². The Balaban J connectivity index is 1.71. The zero-order chi connectivity index (χ0) is 15.1. The minimum atomic E-state index is -0.102. The maximum absolute atomic E-state index is 11.6. The summed E-state index contributed by atoms with van der Waals surface area (Å²) in [5, 5.41) is 13.1. The molecule has 1 saturated carbocycles. The number of esters is 1. The Kier molecular flexibility index (Phi) is 6.55. The van der Waals surface area contributed by atoms with Crippen molar-refractivity contribution in [2.75, 3.05) is 13.2 Å². The Labute approximate surface area is 127 Å². The third-order valence-corrected chi connectivity index (χ3v) is 4.70. The highest BCUT2D eigenvalue weighted by atomic mass is 16.5. The van der Waals surface area contributed by atoms with E-state index in [0.29, 0.717) is 13.0 Å². The number of carbonyl (C=O) groups is 1. The summed E-state index contributed by atoms with van der Waals surface area (Å²) in [7, 11) is 0. The van der Waals surface area contributed by atoms with Gasteiger partial charge in [-0.1, -0.05) is 0 Å². The first-order valence-corrected chi connectivity index (χ1v) is 8.47. The Morgan fingerprint density at radius 3 is 2.76 bits per heavy atom. The number of rotatable bonds is 7. The first-order valence-electron chi connectivity index (χ1n) is 8.47. The molecular weight excluding hydrogens is 266 g/mol. The predicted octanol–water partition coefficient (Wildman–Crippen LogP) is 2.91. The monoisotopic (exact) mass is 295 g/mol. The number of hydrogen-bond donors (Lipinski definition) is 2. The van der Waals surface area contributed by atoms with Crippen LogP contribution in [-0.2, 0) is 9.53 Å². The zero-order valence-electron chi connectivity index (χ0n) is 13.2. The topological polar surface area (TPSA) is 58.6 Å². The molecular formula is C17H29NO3. The molecule has 0 bridgehead atoms. The molecule has 0 aromatic heterocycles. The van der Waals surface area contributed by atoms with Crippen LogP contribution in [0.3, 0.4) is 0 Å². The molecule has 2 rings (SSSR count). The van der Waals surface area contributed by atoms with Gasteiger partial charge in [-0.15, -0.1) is 0 Å². The second-order valence-corrected chi connectivity index (χ2v) is 6.31. The first kappa shape index (κ1) is 16.3. The van der Waals surface area contributed by atoms with Crippen molar-refractivity contribution in [3.63, 3.8) is 0 Å². The van der Waals surface area contributed by atoms with Crippen LogP contribution in [0.4, 0.5) is 0 Å². The van der Waals surface area contributed by atoms with Crippen molar-refractivity contribution in [2.24, 2.45) is 5.92 Å². The van der Waals surface area contributed by atoms with E-state index in [1.807, 2.05) is 6.92 Å². The molecule has 2 N–H and O–H groups in total. The molecule has 0 aromatic carbocycles. The van der Waals surface area contributed by atoms with Gasteiger partial charge in [-0.05, 0) is 69.8 Å². The van der Waals surface area contributed by atoms with Crippen molar-refractivity contribution >= 4 is 5.97 Å². The predicted molar refractivity (Wildman–Crippen MR) is 82.7 cm³/mol. The molecule has 0 heterocycles. The number of carbonyl (C=O) groups excluding carboxylic acids is 1. The van der Waals surface area contributed by atoms with Crippen molar-refractivity contribution in [3.05, 3.63) is 11.3 Å². The highest BCUT2D eigenvalue weighted by Gasteiger charge is 2.20. The lowest BCUT2D eigenvalue weighted by Crippen LogP contribution is -2.23. The lowest BCUT2D eigenvalue weighted by Gasteiger charge is -2.25. The standard InChI is InChI=1S/C17H29NO3/c1-2-21-17(20)12-14-4-3-5-16(14)18-11-10-13-6-8-15(19)9-7-13/h13,15,18-19H,2-12H2,1H3. The van der Waals surface area contributed by atoms with Crippen molar-refractivity contribution in [1.82, 2.24) is 5.32 Å². The quantitative estimate of drug-likeness (QED) is 0.709. The number of allylic oxidation sites excluding steroid dienone is 1. The minimum absolute atomic E-state index is 0.0667. The van der Waals surface area contributed by atoms with E-state index in [1.165, 1.54) is 17.7 Å². The van der Waals surface area contributed by atoms with E-state index in [4.69, 9.17) is 4.74 Å². The van der Waals surface area contributed by atoms with Gasteiger partial charge in [0.2, 0.25) is 0 Å². The Morgan fingerprint density at radius 1 is 1.29 bits per heavy atom. The second-order valence-electron chi connectivity index (χ2n) is 6.31. The van der Waals surface area contributed by atoms with Crippen LogP contribution in [0.25, 0.3) is 0 Å². The van der Waals surface area contributed by atoms with Gasteiger partial charge in [-0.3, -0.25) is 4.79 Å². The fourth-order valence-corrected chi connectivity index (χ4v) is 3.46. The average molecular weight is 295 g/mol. The third-order valence-electron chi connectivity index (χ3n) is 4.70. The molecule has 2 aliphatic rings. The van der Waals surface area contributed by atoms with Gasteiger partial charge in [-0.25, -0.2) is 0 Å². The molecule has 120 valence electrons. The van der Waals surface area contributed by atoms with Crippen LogP contribution >= 0.6 is 0 Å². The largest absolute Gasteiger partial charge is 0.466 e. The Morgan fingerprint density at radius 2 is 2.05 bits per heavy atom. The molecule has 2 aliphatic carbocycles. The summed E-state index contributed by atoms with van der Waals surface area (Å²) in [5.74, 6) is 0.645. The fraction of sp³-hybridized carbons (Fsp3) is 0.824. The third kappa shape index (κ3) is 5.34. The van der Waals surface area contributed by atoms with Gasteiger partial charge in [0, 0.05) is 12.2 Å². The van der Waals surface area contributed by atoms with Gasteiger partial charge < -0.3 is 15.2 Å². The molecule has 0 atom stereocenters. The van der Waals surface area contributed by atoms with Crippen LogP contribution in [-0.4, -0.2) is 30.3 Å². The molecule has 4 heteroatoms. The molecule has 4 nitrogen and oxygen atoms in total. The summed E-state index contributed by atoms with van der Waals surface area (Å²) in [4.78, 5) is 11.6. The fourth-order valence-electron chi connectivity index (χ4n) is 3.46. The lowest BCUT2D eigenvalue weighted by atomic mass is 9.85. The number of aliphatic hydroxyl groups is 1. The molecule has 1 fully saturated rings. The summed E-state index contributed by atoms with van der Waals surface area (Å²) in [6.45, 7) is 3.30. The van der Waals surface area contributed by atoms with Gasteiger partial charge >= 0.3 is 5.97 Å². The second kappa shape index (κ2) is 8.42. The lowest BCUT2D eigenvalue weighted by molar-refractivity contribution is -0.142. The van der Waals surface area contributed by atoms with Crippen molar-refractivity contribution in [1.29, 1.82) is 0 Å². The van der Waals surface area contributed by atoms with E-state index in [-0.39, 0.29) is 12.1 Å². The van der Waals surface area contributed by atoms with E-state index in [0.717, 1.165) is 57.4 Å². The SMILES string of the molecule is CCOC(=O)CC1=C(NCCC2CCC(O)CC2)CCC1. The number of ether oxygens (including phenoxy) is 1. The average Bonchev–Trinajstić information content (AvgIpc) is 2.89. The van der Waals surface area contributed by atoms with Gasteiger partial charge in [0.15, 0.2) is 0 Å². The maximum Gasteiger partial charge on any atom is 0.309 e. The van der Waals surface area contributed by atoms with Crippen molar-refractivity contribution < 1.29 is 14.6 Å². The summed E-state index contributed by atoms with van der Waals surface area (Å²) in [6, 6.07) is 0. The van der Waals surface area contributed by atoms with E-state index in [1.54, 1.807) is 0 Å². The molecule has 0 spiro atoms. The van der Waals surface area contributed by atoms with Crippen molar-refractivity contribution in [2.45, 2.75) is 70.8 Å². The smallest absolute Gasteiger partial charge is 0.309 e. The highest BCUT2D eigenvalue weighted by Crippen LogP contribution is 2.29. The van der Waals surface area contributed by atoms with Gasteiger partial charge in [-0.2, -0.15) is 0 Å². The summed E-state index contributed by atoms with van der Waals surface area (Å²) < 4.78 is 5.04. The molecule has 0 saturated heterocycles. The van der Waals surface area contributed by atoms with E-state index in [2.05, 4.69) is 5.32 Å². The molecule has 21 heavy (non-hydrogen) atoms. The van der Waals surface area contributed by atoms with Crippen LogP contribution in [0.1, 0.15) is 64.7 Å². The van der Waals surface area contributed by atoms with Crippen LogP contribution in [0.5, 0.6) is 0 Å². The van der Waals surface area contributed by atoms with Gasteiger partial charge in [0.05, 0.1) is 19.1 Å². The molecule has 0 aliphatic heterocycles. The zero-order valence-corrected chi connectivity index (χ0v) is 13.2. The van der Waals surface area contributed by atoms with Crippen LogP contribution in [0.2, 0.25) is 0 Å². The molecule has 0 aromatic rings. The summed E-state index contributed by atoms with van der Waals surface area (Å²) >= 11 is 0. The maximum atomic E-state index is 11.6. The highest BCUT2D eigenvalue weighted by molar-refractivity contribution is 5.72.